The molecule has 1 amide bonds. The molecular weight excluding hydrogens is 312 g/mol. The summed E-state index contributed by atoms with van der Waals surface area (Å²) in [5, 5.41) is 2.86. The van der Waals surface area contributed by atoms with E-state index in [1.54, 1.807) is 18.2 Å². The fourth-order valence-electron chi connectivity index (χ4n) is 3.78. The normalized spacial score (nSPS) is 21.6. The van der Waals surface area contributed by atoms with E-state index in [1.165, 1.54) is 6.42 Å². The van der Waals surface area contributed by atoms with Crippen molar-refractivity contribution in [2.24, 2.45) is 11.1 Å². The van der Waals surface area contributed by atoms with Crippen molar-refractivity contribution in [2.45, 2.75) is 49.8 Å². The van der Waals surface area contributed by atoms with Crippen molar-refractivity contribution in [1.82, 2.24) is 0 Å². The number of rotatable bonds is 4. The Hall–Kier alpha value is -1.40. The summed E-state index contributed by atoms with van der Waals surface area (Å²) in [5.41, 5.74) is 7.24. The van der Waals surface area contributed by atoms with E-state index in [-0.39, 0.29) is 17.1 Å². The lowest BCUT2D eigenvalue weighted by atomic mass is 9.71. The Kier molecular flexibility index (Phi) is 4.47. The van der Waals surface area contributed by atoms with E-state index in [9.17, 15) is 13.2 Å². The highest BCUT2D eigenvalue weighted by atomic mass is 32.2. The van der Waals surface area contributed by atoms with Gasteiger partial charge in [0.05, 0.1) is 10.6 Å². The summed E-state index contributed by atoms with van der Waals surface area (Å²) in [6.45, 7) is 0.527. The third kappa shape index (κ3) is 3.43. The predicted molar refractivity (Wildman–Crippen MR) is 90.0 cm³/mol. The molecule has 5 nitrogen and oxygen atoms in total. The fourth-order valence-corrected chi connectivity index (χ4v) is 5.37. The summed E-state index contributed by atoms with van der Waals surface area (Å²) in [7, 11) is -3.18. The van der Waals surface area contributed by atoms with Gasteiger partial charge in [0.25, 0.3) is 0 Å². The Labute approximate surface area is 137 Å². The van der Waals surface area contributed by atoms with Crippen molar-refractivity contribution in [3.05, 3.63) is 23.8 Å². The van der Waals surface area contributed by atoms with Gasteiger partial charge in [-0.2, -0.15) is 0 Å². The maximum absolute atomic E-state index is 12.4. The Bertz CT molecular complexity index is 707. The van der Waals surface area contributed by atoms with Gasteiger partial charge in [-0.25, -0.2) is 8.42 Å². The molecule has 0 spiro atoms. The number of sulfone groups is 1. The third-order valence-electron chi connectivity index (χ3n) is 5.21. The number of aryl methyl sites for hydroxylation is 1. The van der Waals surface area contributed by atoms with Crippen molar-refractivity contribution in [3.8, 4) is 0 Å². The zero-order valence-corrected chi connectivity index (χ0v) is 14.1. The second-order valence-corrected chi connectivity index (χ2v) is 8.96. The van der Waals surface area contributed by atoms with Gasteiger partial charge in [0, 0.05) is 12.1 Å². The molecule has 0 unspecified atom stereocenters. The van der Waals surface area contributed by atoms with Gasteiger partial charge in [-0.1, -0.05) is 25.3 Å². The van der Waals surface area contributed by atoms with Crippen molar-refractivity contribution in [3.63, 3.8) is 0 Å². The number of hydrogen-bond acceptors (Lipinski definition) is 4. The Morgan fingerprint density at radius 3 is 2.65 bits per heavy atom. The highest BCUT2D eigenvalue weighted by Gasteiger charge is 2.33. The number of fused-ring (bicyclic) bond motifs is 1. The smallest absolute Gasteiger partial charge is 0.224 e. The lowest BCUT2D eigenvalue weighted by Gasteiger charge is -2.35. The minimum absolute atomic E-state index is 0.0762. The van der Waals surface area contributed by atoms with Crippen molar-refractivity contribution < 1.29 is 13.2 Å². The van der Waals surface area contributed by atoms with E-state index in [0.29, 0.717) is 30.0 Å². The van der Waals surface area contributed by atoms with Crippen LogP contribution in [0, 0.1) is 5.41 Å². The van der Waals surface area contributed by atoms with Crippen LogP contribution in [0.4, 0.5) is 5.69 Å². The van der Waals surface area contributed by atoms with Gasteiger partial charge in [0.2, 0.25) is 5.91 Å². The van der Waals surface area contributed by atoms with Crippen LogP contribution in [-0.4, -0.2) is 26.6 Å². The molecule has 3 N–H and O–H groups in total. The number of hydrogen-bond donors (Lipinski definition) is 2. The van der Waals surface area contributed by atoms with E-state index in [1.807, 2.05) is 0 Å². The number of carbonyl (C=O) groups excluding carboxylic acids is 1. The molecule has 3 rings (SSSR count). The molecule has 1 fully saturated rings. The largest absolute Gasteiger partial charge is 0.330 e. The van der Waals surface area contributed by atoms with Gasteiger partial charge < -0.3 is 11.1 Å². The van der Waals surface area contributed by atoms with Crippen LogP contribution >= 0.6 is 0 Å². The average Bonchev–Trinajstić information content (AvgIpc) is 2.83. The first-order valence-electron chi connectivity index (χ1n) is 8.30. The Morgan fingerprint density at radius 2 is 1.96 bits per heavy atom. The molecule has 1 aliphatic carbocycles. The maximum Gasteiger partial charge on any atom is 0.224 e. The number of anilines is 1. The molecule has 0 bridgehead atoms. The summed E-state index contributed by atoms with van der Waals surface area (Å²) < 4.78 is 24.0. The number of amides is 1. The monoisotopic (exact) mass is 336 g/mol. The van der Waals surface area contributed by atoms with Crippen molar-refractivity contribution in [2.75, 3.05) is 17.6 Å². The number of nitrogens with two attached hydrogens (primary N) is 1. The lowest BCUT2D eigenvalue weighted by molar-refractivity contribution is -0.118. The molecule has 1 aliphatic heterocycles. The van der Waals surface area contributed by atoms with E-state index < -0.39 is 9.84 Å². The van der Waals surface area contributed by atoms with Gasteiger partial charge in [0.1, 0.15) is 0 Å². The summed E-state index contributed by atoms with van der Waals surface area (Å²) >= 11 is 0. The van der Waals surface area contributed by atoms with E-state index in [0.717, 1.165) is 31.2 Å². The predicted octanol–water partition coefficient (Wildman–Crippen LogP) is 2.25. The highest BCUT2D eigenvalue weighted by Crippen LogP contribution is 2.38. The summed E-state index contributed by atoms with van der Waals surface area (Å²) in [5.74, 6) is 0.0865. The van der Waals surface area contributed by atoms with Crippen molar-refractivity contribution >= 4 is 21.4 Å². The van der Waals surface area contributed by atoms with Crippen LogP contribution < -0.4 is 11.1 Å². The molecule has 23 heavy (non-hydrogen) atoms. The summed E-state index contributed by atoms with van der Waals surface area (Å²) in [6, 6.07) is 5.17. The molecule has 0 aromatic heterocycles. The highest BCUT2D eigenvalue weighted by molar-refractivity contribution is 7.91. The number of nitrogens with one attached hydrogen (secondary N) is 1. The summed E-state index contributed by atoms with van der Waals surface area (Å²) in [4.78, 5) is 12.8. The summed E-state index contributed by atoms with van der Waals surface area (Å²) in [6.07, 6.45) is 6.43. The molecule has 1 saturated carbocycles. The second-order valence-electron chi connectivity index (χ2n) is 6.88. The van der Waals surface area contributed by atoms with Gasteiger partial charge in [0.15, 0.2) is 9.84 Å². The van der Waals surface area contributed by atoms with Crippen LogP contribution in [0.15, 0.2) is 23.1 Å². The molecule has 2 aliphatic rings. The molecular formula is C17H24N2O3S. The first-order chi connectivity index (χ1) is 10.9. The molecule has 1 aromatic rings. The topological polar surface area (TPSA) is 89.3 Å². The SMILES string of the molecule is NCC1(CC(=O)Nc2ccc3c(c2)S(=O)(=O)CC3)CCCCC1. The first-order valence-corrected chi connectivity index (χ1v) is 9.95. The van der Waals surface area contributed by atoms with Crippen LogP contribution in [0.5, 0.6) is 0 Å². The van der Waals surface area contributed by atoms with Gasteiger partial charge in [-0.15, -0.1) is 0 Å². The van der Waals surface area contributed by atoms with Crippen LogP contribution in [0.1, 0.15) is 44.1 Å². The molecule has 0 saturated heterocycles. The number of benzene rings is 1. The molecule has 0 atom stereocenters. The second kappa shape index (κ2) is 6.24. The maximum atomic E-state index is 12.4. The first kappa shape index (κ1) is 16.5. The molecule has 1 aromatic carbocycles. The van der Waals surface area contributed by atoms with Gasteiger partial charge in [-0.3, -0.25) is 4.79 Å². The standard InChI is InChI=1S/C17H24N2O3S/c18-12-17(7-2-1-3-8-17)11-16(20)19-14-5-4-13-6-9-23(21,22)15(13)10-14/h4-5,10H,1-3,6-9,11-12,18H2,(H,19,20). The van der Waals surface area contributed by atoms with Gasteiger partial charge >= 0.3 is 0 Å². The molecule has 1 heterocycles. The minimum Gasteiger partial charge on any atom is -0.330 e. The zero-order valence-electron chi connectivity index (χ0n) is 13.3. The number of carbonyl (C=O) groups is 1. The molecule has 6 heteroatoms. The Balaban J connectivity index is 1.71. The molecule has 0 radical (unpaired) electrons. The average molecular weight is 336 g/mol. The van der Waals surface area contributed by atoms with Crippen LogP contribution in [0.2, 0.25) is 0 Å². The van der Waals surface area contributed by atoms with Crippen molar-refractivity contribution in [1.29, 1.82) is 0 Å². The van der Waals surface area contributed by atoms with E-state index >= 15 is 0 Å². The van der Waals surface area contributed by atoms with Gasteiger partial charge in [-0.05, 0) is 48.9 Å². The fraction of sp³-hybridized carbons (Fsp3) is 0.588. The molecule has 126 valence electrons. The van der Waals surface area contributed by atoms with Crippen LogP contribution in [0.3, 0.4) is 0 Å². The lowest BCUT2D eigenvalue weighted by Crippen LogP contribution is -2.36. The Morgan fingerprint density at radius 1 is 1.22 bits per heavy atom. The van der Waals surface area contributed by atoms with E-state index in [4.69, 9.17) is 5.73 Å². The zero-order chi connectivity index (χ0) is 16.5. The van der Waals surface area contributed by atoms with Crippen LogP contribution in [0.25, 0.3) is 0 Å². The minimum atomic E-state index is -3.18. The van der Waals surface area contributed by atoms with Crippen LogP contribution in [-0.2, 0) is 21.1 Å². The third-order valence-corrected chi connectivity index (χ3v) is 7.00. The quantitative estimate of drug-likeness (QED) is 0.882. The van der Waals surface area contributed by atoms with E-state index in [2.05, 4.69) is 5.32 Å².